The predicted molar refractivity (Wildman–Crippen MR) is 349 cm³/mol. The molecular formula is C68H75Cl2N9O21. The quantitative estimate of drug-likeness (QED) is 0.0890. The number of phenolic OH excluding ortho intramolecular Hbond substituents is 3. The summed E-state index contributed by atoms with van der Waals surface area (Å²) in [6, 6.07) is 0.154. The zero-order chi connectivity index (χ0) is 71.6. The second-order valence-electron chi connectivity index (χ2n) is 27.1. The third-order valence-electron chi connectivity index (χ3n) is 19.6. The smallest absolute Gasteiger partial charge is 0.248 e. The standard InChI is InChI=1S/C68H75Cl2N9O21/c1-24(2)9-38(71)61(90)78-53-55(85)28-4-7-42(36(69)16-28)97-44-18-32-19-45(60(44)100-68-59(89)58(88)57(87)46(23-80)99-68)98-43-8-5-29(17-37(43)70)56(86)54-67(96)77-52(65(94)74-49-30-11-25-10-26(13-30)14-31(49)12-25)35-20-33(81)21-41(83)48(35)34-15-27(3-6-40(34)82)50(63(92)79-54)76-64(93)51(32)75-62(91)39(22-47(72)84)73-66(53)95/h3-8,15-21,24-26,30-31,38-39,46,49-59,68,80-83,85-89H,9-14,22-23,71H2,1-2H3,(H2,72,84)(H,73,95)(H,74,94)(H,75,91)(H,76,93)(H,77,96)(H,78,90)(H,79,92)/t25?,26?,30?,31?,38-,39+,46?,49?,50-,51-,52+,53-,54?,55-,56-,57?,58?,59?,68?/m1/s1. The molecule has 4 aliphatic carbocycles. The van der Waals surface area contributed by atoms with Crippen LogP contribution in [-0.2, 0) is 43.1 Å². The fourth-order valence-electron chi connectivity index (χ4n) is 14.9. The summed E-state index contributed by atoms with van der Waals surface area (Å²) in [6.07, 6.45) is -10.4. The molecule has 5 aromatic carbocycles. The first-order valence-corrected chi connectivity index (χ1v) is 33.3. The lowest BCUT2D eigenvalue weighted by atomic mass is 9.54. The van der Waals surface area contributed by atoms with Crippen LogP contribution in [0.15, 0.2) is 78.9 Å². The van der Waals surface area contributed by atoms with Gasteiger partial charge in [0.15, 0.2) is 11.5 Å². The number of aromatic hydroxyl groups is 3. The molecule has 14 atom stereocenters. The van der Waals surface area contributed by atoms with Gasteiger partial charge in [-0.3, -0.25) is 38.4 Å². The number of halogens is 2. The Hall–Kier alpha value is -9.08. The van der Waals surface area contributed by atoms with Gasteiger partial charge in [0, 0.05) is 23.2 Å². The van der Waals surface area contributed by atoms with Crippen LogP contribution < -0.4 is 62.9 Å². The highest BCUT2D eigenvalue weighted by Gasteiger charge is 2.51. The molecule has 6 aliphatic heterocycles. The molecule has 0 aromatic heterocycles. The van der Waals surface area contributed by atoms with Crippen molar-refractivity contribution in [3.8, 4) is 57.1 Å². The first-order chi connectivity index (χ1) is 47.5. The van der Waals surface area contributed by atoms with Crippen LogP contribution in [0.25, 0.3) is 11.1 Å². The predicted octanol–water partition coefficient (Wildman–Crippen LogP) is 1.46. The normalized spacial score (nSPS) is 30.4. The molecule has 5 fully saturated rings. The van der Waals surface area contributed by atoms with Gasteiger partial charge >= 0.3 is 0 Å². The third kappa shape index (κ3) is 14.2. The Morgan fingerprint density at radius 2 is 1.22 bits per heavy atom. The van der Waals surface area contributed by atoms with Gasteiger partial charge in [-0.15, -0.1) is 0 Å². The molecule has 6 unspecified atom stereocenters. The number of amides is 8. The maximum absolute atomic E-state index is 16.0. The van der Waals surface area contributed by atoms with Crippen molar-refractivity contribution in [2.75, 3.05) is 6.61 Å². The number of phenols is 3. The van der Waals surface area contributed by atoms with E-state index in [2.05, 4.69) is 37.2 Å². The van der Waals surface area contributed by atoms with E-state index in [0.29, 0.717) is 11.8 Å². The number of carbonyl (C=O) groups is 8. The Balaban J connectivity index is 1.06. The SMILES string of the molecule is CC(C)C[C@@H](N)C(=O)N[C@H]1C(=O)N[C@@H](CC(N)=O)C(=O)N[C@H]2C(=O)N[C@H]3C(=O)NC(C(=O)N[C@H](C(=O)NC4C5CC6CC(C5)CC4C6)c4cc(O)cc(O)c4-c4cc3ccc4O)[C@H](O)c3ccc(c(Cl)c3)Oc3cc2cc(c3OC2OC(CO)C(O)C(O)C2O)Oc2ccc(cc2Cl)[C@H]1O. The van der Waals surface area contributed by atoms with Crippen molar-refractivity contribution >= 4 is 70.5 Å². The summed E-state index contributed by atoms with van der Waals surface area (Å²) >= 11 is 14.0. The Kier molecular flexibility index (Phi) is 20.2. The average molecular weight is 1430 g/mol. The largest absolute Gasteiger partial charge is 0.508 e. The van der Waals surface area contributed by atoms with Crippen LogP contribution in [0.2, 0.25) is 10.0 Å². The zero-order valence-corrected chi connectivity index (χ0v) is 55.1. The number of benzene rings is 5. The lowest BCUT2D eigenvalue weighted by Crippen LogP contribution is -2.60. The number of aliphatic hydroxyl groups is 6. The van der Waals surface area contributed by atoms with Crippen molar-refractivity contribution in [3.05, 3.63) is 117 Å². The molecule has 15 bridgehead atoms. The van der Waals surface area contributed by atoms with E-state index in [4.69, 9.17) is 53.6 Å². The van der Waals surface area contributed by atoms with Gasteiger partial charge in [0.25, 0.3) is 0 Å². The van der Waals surface area contributed by atoms with Gasteiger partial charge in [-0.2, -0.15) is 0 Å². The van der Waals surface area contributed by atoms with Crippen molar-refractivity contribution in [3.63, 3.8) is 0 Å². The Morgan fingerprint density at radius 3 is 1.82 bits per heavy atom. The van der Waals surface area contributed by atoms with Gasteiger partial charge in [0.2, 0.25) is 59.3 Å². The van der Waals surface area contributed by atoms with Crippen molar-refractivity contribution in [1.29, 1.82) is 0 Å². The number of fused-ring (bicyclic) bond motifs is 15. The lowest BCUT2D eigenvalue weighted by Gasteiger charge is -2.54. The zero-order valence-electron chi connectivity index (χ0n) is 53.5. The Labute approximate surface area is 580 Å². The monoisotopic (exact) mass is 1420 g/mol. The fourth-order valence-corrected chi connectivity index (χ4v) is 15.4. The minimum absolute atomic E-state index is 0.0858. The summed E-state index contributed by atoms with van der Waals surface area (Å²) in [4.78, 5) is 119. The number of primary amides is 1. The lowest BCUT2D eigenvalue weighted by molar-refractivity contribution is -0.277. The van der Waals surface area contributed by atoms with E-state index in [1.165, 1.54) is 24.3 Å². The number of carbonyl (C=O) groups excluding carboxylic acids is 8. The molecule has 100 heavy (non-hydrogen) atoms. The van der Waals surface area contributed by atoms with Crippen molar-refractivity contribution in [2.45, 2.75) is 150 Å². The summed E-state index contributed by atoms with van der Waals surface area (Å²) < 4.78 is 25.1. The first-order valence-electron chi connectivity index (χ1n) is 32.5. The number of nitrogens with one attached hydrogen (secondary N) is 7. The minimum Gasteiger partial charge on any atom is -0.508 e. The van der Waals surface area contributed by atoms with E-state index in [1.54, 1.807) is 13.8 Å². The van der Waals surface area contributed by atoms with E-state index in [-0.39, 0.29) is 85.1 Å². The number of aliphatic hydroxyl groups excluding tert-OH is 6. The van der Waals surface area contributed by atoms with Gasteiger partial charge in [-0.05, 0) is 151 Å². The molecular weight excluding hydrogens is 1350 g/mol. The summed E-state index contributed by atoms with van der Waals surface area (Å²) in [5.41, 5.74) is 9.91. The maximum atomic E-state index is 16.0. The van der Waals surface area contributed by atoms with Crippen LogP contribution >= 0.6 is 23.2 Å². The molecule has 4 saturated carbocycles. The number of nitrogens with two attached hydrogens (primary N) is 2. The molecule has 6 heterocycles. The van der Waals surface area contributed by atoms with Gasteiger partial charge in [0.05, 0.1) is 29.1 Å². The third-order valence-corrected chi connectivity index (χ3v) is 20.2. The Morgan fingerprint density at radius 1 is 0.630 bits per heavy atom. The fraction of sp³-hybridized carbons (Fsp3) is 0.441. The van der Waals surface area contributed by atoms with Gasteiger partial charge in [0.1, 0.15) is 102 Å². The van der Waals surface area contributed by atoms with Crippen LogP contribution in [-0.4, -0.2) is 161 Å². The van der Waals surface area contributed by atoms with Gasteiger partial charge in [-0.25, -0.2) is 0 Å². The van der Waals surface area contributed by atoms with Crippen molar-refractivity contribution < 1.29 is 103 Å². The first kappa shape index (κ1) is 70.8. The van der Waals surface area contributed by atoms with Crippen LogP contribution in [0.4, 0.5) is 0 Å². The summed E-state index contributed by atoms with van der Waals surface area (Å²) in [5, 5.41) is 121. The highest BCUT2D eigenvalue weighted by molar-refractivity contribution is 6.32. The van der Waals surface area contributed by atoms with E-state index >= 15 is 24.0 Å². The summed E-state index contributed by atoms with van der Waals surface area (Å²) in [5.74, 6) is -13.2. The summed E-state index contributed by atoms with van der Waals surface area (Å²) in [7, 11) is 0. The molecule has 1 saturated heterocycles. The molecule has 532 valence electrons. The number of rotatable bonds is 11. The highest BCUT2D eigenvalue weighted by atomic mass is 35.5. The number of hydrogen-bond donors (Lipinski definition) is 18. The van der Waals surface area contributed by atoms with Gasteiger partial charge < -0.3 is 114 Å². The topological polar surface area (TPSA) is 492 Å². The van der Waals surface area contributed by atoms with Crippen molar-refractivity contribution in [2.24, 2.45) is 41.1 Å². The van der Waals surface area contributed by atoms with Crippen molar-refractivity contribution in [1.82, 2.24) is 37.2 Å². The minimum atomic E-state index is -2.30. The van der Waals surface area contributed by atoms with Crippen LogP contribution in [0.3, 0.4) is 0 Å². The number of ether oxygens (including phenoxy) is 4. The number of hydrogen-bond acceptors (Lipinski definition) is 22. The van der Waals surface area contributed by atoms with Crippen LogP contribution in [0, 0.1) is 29.6 Å². The average Bonchev–Trinajstić information content (AvgIpc) is 0.784. The van der Waals surface area contributed by atoms with Crippen LogP contribution in [0.5, 0.6) is 46.0 Å². The van der Waals surface area contributed by atoms with E-state index < -0.39 is 186 Å². The molecule has 32 heteroatoms. The molecule has 5 aromatic rings. The second-order valence-corrected chi connectivity index (χ2v) is 27.9. The van der Waals surface area contributed by atoms with E-state index in [9.17, 15) is 60.3 Å². The van der Waals surface area contributed by atoms with E-state index in [0.717, 1.165) is 86.7 Å². The summed E-state index contributed by atoms with van der Waals surface area (Å²) in [6.45, 7) is 2.60. The molecule has 15 rings (SSSR count). The van der Waals surface area contributed by atoms with Gasteiger partial charge in [-0.1, -0.05) is 55.2 Å². The highest BCUT2D eigenvalue weighted by Crippen LogP contribution is 2.55. The molecule has 30 nitrogen and oxygen atoms in total. The van der Waals surface area contributed by atoms with Crippen LogP contribution in [0.1, 0.15) is 117 Å². The maximum Gasteiger partial charge on any atom is 0.248 e. The molecule has 20 N–H and O–H groups in total. The molecule has 0 spiro atoms. The van der Waals surface area contributed by atoms with E-state index in [1.807, 2.05) is 0 Å². The second kappa shape index (κ2) is 28.5. The molecule has 8 amide bonds. The molecule has 0 radical (unpaired) electrons. The Bertz CT molecular complexity index is 4080. The molecule has 10 aliphatic rings.